The normalized spacial score (nSPS) is 10.8. The molecule has 0 aliphatic heterocycles. The Morgan fingerprint density at radius 3 is 2.62 bits per heavy atom. The molecule has 0 aromatic carbocycles. The molecule has 1 aromatic heterocycles. The lowest BCUT2D eigenvalue weighted by molar-refractivity contribution is 0.0115. The van der Waals surface area contributed by atoms with E-state index in [0.29, 0.717) is 5.76 Å². The Bertz CT molecular complexity index is 355. The highest BCUT2D eigenvalue weighted by molar-refractivity contribution is 5.91. The predicted octanol–water partition coefficient (Wildman–Crippen LogP) is 1.33. The molecule has 16 heavy (non-hydrogen) atoms. The van der Waals surface area contributed by atoms with Crippen LogP contribution in [0.5, 0.6) is 0 Å². The zero-order chi connectivity index (χ0) is 11.5. The zero-order valence-corrected chi connectivity index (χ0v) is 9.44. The van der Waals surface area contributed by atoms with Crippen molar-refractivity contribution in [2.45, 2.75) is 12.8 Å². The largest absolute Gasteiger partial charge is 0.456 e. The van der Waals surface area contributed by atoms with E-state index in [1.807, 2.05) is 5.32 Å². The van der Waals surface area contributed by atoms with Crippen LogP contribution >= 0.6 is 12.4 Å². The van der Waals surface area contributed by atoms with Gasteiger partial charge in [-0.05, 0) is 19.1 Å². The fraction of sp³-hybridized carbons (Fsp3) is 0.444. The second kappa shape index (κ2) is 5.81. The van der Waals surface area contributed by atoms with E-state index >= 15 is 0 Å². The Labute approximate surface area is 97.6 Å². The fourth-order valence-electron chi connectivity index (χ4n) is 0.925. The van der Waals surface area contributed by atoms with E-state index in [4.69, 9.17) is 10.2 Å². The molecule has 0 saturated heterocycles. The third-order valence-corrected chi connectivity index (χ3v) is 1.77. The van der Waals surface area contributed by atoms with Crippen LogP contribution in [0.1, 0.15) is 16.3 Å². The molecule has 0 saturated carbocycles. The first-order valence-electron chi connectivity index (χ1n) is 4.37. The van der Waals surface area contributed by atoms with Crippen LogP contribution in [-0.4, -0.2) is 24.9 Å². The zero-order valence-electron chi connectivity index (χ0n) is 8.63. The number of halogens is 3. The van der Waals surface area contributed by atoms with Crippen LogP contribution in [0.15, 0.2) is 16.5 Å². The van der Waals surface area contributed by atoms with Crippen molar-refractivity contribution in [3.63, 3.8) is 0 Å². The summed E-state index contributed by atoms with van der Waals surface area (Å²) in [5, 5.41) is 2.04. The molecule has 0 atom stereocenters. The van der Waals surface area contributed by atoms with Gasteiger partial charge in [0.25, 0.3) is 11.8 Å². The summed E-state index contributed by atoms with van der Waals surface area (Å²) >= 11 is 0. The van der Waals surface area contributed by atoms with Gasteiger partial charge in [0, 0.05) is 0 Å². The molecular weight excluding hydrogens is 242 g/mol. The van der Waals surface area contributed by atoms with Crippen LogP contribution in [0.3, 0.4) is 0 Å². The summed E-state index contributed by atoms with van der Waals surface area (Å²) in [7, 11) is 0. The maximum absolute atomic E-state index is 12.7. The number of hydrogen-bond donors (Lipinski definition) is 2. The van der Waals surface area contributed by atoms with Gasteiger partial charge in [-0.3, -0.25) is 4.79 Å². The van der Waals surface area contributed by atoms with Crippen molar-refractivity contribution in [2.24, 2.45) is 5.73 Å². The molecule has 0 radical (unpaired) electrons. The lowest BCUT2D eigenvalue weighted by Crippen LogP contribution is -2.41. The minimum absolute atomic E-state index is 0. The maximum Gasteiger partial charge on any atom is 0.287 e. The quantitative estimate of drug-likeness (QED) is 0.852. The second-order valence-corrected chi connectivity index (χ2v) is 3.15. The first kappa shape index (κ1) is 14.9. The highest BCUT2D eigenvalue weighted by atomic mass is 35.5. The molecule has 1 heterocycles. The van der Waals surface area contributed by atoms with Gasteiger partial charge in [0.15, 0.2) is 5.76 Å². The van der Waals surface area contributed by atoms with E-state index in [9.17, 15) is 13.6 Å². The number of nitrogens with one attached hydrogen (secondary N) is 1. The Kier molecular flexibility index (Phi) is 5.40. The molecular formula is C9H13ClF2N2O2. The van der Waals surface area contributed by atoms with Crippen LogP contribution in [0, 0.1) is 6.92 Å². The van der Waals surface area contributed by atoms with Gasteiger partial charge in [-0.15, -0.1) is 12.4 Å². The average molecular weight is 255 g/mol. The van der Waals surface area contributed by atoms with Gasteiger partial charge in [0.05, 0.1) is 13.1 Å². The third-order valence-electron chi connectivity index (χ3n) is 1.77. The fourth-order valence-corrected chi connectivity index (χ4v) is 0.925. The molecule has 0 aliphatic rings. The van der Waals surface area contributed by atoms with E-state index in [-0.39, 0.29) is 18.2 Å². The third kappa shape index (κ3) is 4.16. The molecule has 92 valence electrons. The Balaban J connectivity index is 0.00000225. The Morgan fingerprint density at radius 1 is 1.56 bits per heavy atom. The Hall–Kier alpha value is -1.14. The number of alkyl halides is 2. The van der Waals surface area contributed by atoms with Gasteiger partial charge in [-0.25, -0.2) is 8.78 Å². The van der Waals surface area contributed by atoms with Crippen LogP contribution in [0.2, 0.25) is 0 Å². The van der Waals surface area contributed by atoms with E-state index < -0.39 is 24.9 Å². The molecule has 0 bridgehead atoms. The average Bonchev–Trinajstić information content (AvgIpc) is 2.61. The van der Waals surface area contributed by atoms with Crippen molar-refractivity contribution in [3.8, 4) is 0 Å². The number of carbonyl (C=O) groups is 1. The Morgan fingerprint density at radius 2 is 2.19 bits per heavy atom. The number of amides is 1. The minimum Gasteiger partial charge on any atom is -0.456 e. The minimum atomic E-state index is -3.09. The highest BCUT2D eigenvalue weighted by Gasteiger charge is 2.27. The topological polar surface area (TPSA) is 68.3 Å². The summed E-state index contributed by atoms with van der Waals surface area (Å²) in [6.07, 6.45) is 0. The number of furan rings is 1. The van der Waals surface area contributed by atoms with Crippen molar-refractivity contribution >= 4 is 18.3 Å². The number of hydrogen-bond acceptors (Lipinski definition) is 3. The molecule has 4 nitrogen and oxygen atoms in total. The molecule has 0 spiro atoms. The van der Waals surface area contributed by atoms with Gasteiger partial charge in [-0.2, -0.15) is 0 Å². The first-order valence-corrected chi connectivity index (χ1v) is 4.37. The maximum atomic E-state index is 12.7. The summed E-state index contributed by atoms with van der Waals surface area (Å²) in [5.41, 5.74) is 4.81. The number of nitrogens with two attached hydrogens (primary N) is 1. The van der Waals surface area contributed by atoms with Gasteiger partial charge < -0.3 is 15.5 Å². The van der Waals surface area contributed by atoms with Crippen LogP contribution in [-0.2, 0) is 0 Å². The lowest BCUT2D eigenvalue weighted by atomic mass is 10.3. The van der Waals surface area contributed by atoms with Crippen molar-refractivity contribution in [3.05, 3.63) is 23.7 Å². The summed E-state index contributed by atoms with van der Waals surface area (Å²) in [5.74, 6) is -3.20. The standard InChI is InChI=1S/C9H12F2N2O2.ClH/c1-6-2-3-7(15-6)8(14)13-5-9(10,11)4-12;/h2-3H,4-5,12H2,1H3,(H,13,14);1H. The van der Waals surface area contributed by atoms with E-state index in [1.165, 1.54) is 6.07 Å². The van der Waals surface area contributed by atoms with Gasteiger partial charge in [0.2, 0.25) is 0 Å². The number of rotatable bonds is 4. The first-order chi connectivity index (χ1) is 6.94. The van der Waals surface area contributed by atoms with Crippen LogP contribution in [0.4, 0.5) is 8.78 Å². The summed E-state index contributed by atoms with van der Waals surface area (Å²) in [6, 6.07) is 3.00. The monoisotopic (exact) mass is 254 g/mol. The molecule has 3 N–H and O–H groups in total. The molecule has 7 heteroatoms. The van der Waals surface area contributed by atoms with Crippen LogP contribution < -0.4 is 11.1 Å². The van der Waals surface area contributed by atoms with Crippen molar-refractivity contribution < 1.29 is 18.0 Å². The molecule has 0 fully saturated rings. The van der Waals surface area contributed by atoms with E-state index in [1.54, 1.807) is 13.0 Å². The molecule has 1 aromatic rings. The van der Waals surface area contributed by atoms with Crippen LogP contribution in [0.25, 0.3) is 0 Å². The lowest BCUT2D eigenvalue weighted by Gasteiger charge is -2.13. The molecule has 0 aliphatic carbocycles. The molecule has 0 unspecified atom stereocenters. The second-order valence-electron chi connectivity index (χ2n) is 3.15. The number of carbonyl (C=O) groups excluding carboxylic acids is 1. The van der Waals surface area contributed by atoms with Crippen molar-refractivity contribution in [1.29, 1.82) is 0 Å². The van der Waals surface area contributed by atoms with E-state index in [2.05, 4.69) is 0 Å². The van der Waals surface area contributed by atoms with E-state index in [0.717, 1.165) is 0 Å². The predicted molar refractivity (Wildman–Crippen MR) is 57.0 cm³/mol. The van der Waals surface area contributed by atoms with Crippen molar-refractivity contribution in [2.75, 3.05) is 13.1 Å². The summed E-state index contributed by atoms with van der Waals surface area (Å²) in [6.45, 7) is 0.0673. The van der Waals surface area contributed by atoms with Gasteiger partial charge in [0.1, 0.15) is 5.76 Å². The summed E-state index contributed by atoms with van der Waals surface area (Å²) < 4.78 is 30.3. The molecule has 1 amide bonds. The van der Waals surface area contributed by atoms with Gasteiger partial charge >= 0.3 is 0 Å². The van der Waals surface area contributed by atoms with Gasteiger partial charge in [-0.1, -0.05) is 0 Å². The van der Waals surface area contributed by atoms with Crippen molar-refractivity contribution in [1.82, 2.24) is 5.32 Å². The molecule has 1 rings (SSSR count). The SMILES string of the molecule is Cc1ccc(C(=O)NCC(F)(F)CN)o1.Cl. The number of aryl methyl sites for hydroxylation is 1. The smallest absolute Gasteiger partial charge is 0.287 e. The highest BCUT2D eigenvalue weighted by Crippen LogP contribution is 2.10. The summed E-state index contributed by atoms with van der Waals surface area (Å²) in [4.78, 5) is 11.2.